The van der Waals surface area contributed by atoms with Gasteiger partial charge in [-0.25, -0.2) is 4.99 Å². The van der Waals surface area contributed by atoms with Gasteiger partial charge in [0.15, 0.2) is 5.96 Å². The van der Waals surface area contributed by atoms with Gasteiger partial charge in [0.05, 0.1) is 31.6 Å². The molecule has 3 N–H and O–H groups in total. The summed E-state index contributed by atoms with van der Waals surface area (Å²) in [4.78, 5) is 19.3. The van der Waals surface area contributed by atoms with Gasteiger partial charge in [-0.15, -0.1) is 0 Å². The molecule has 2 heterocycles. The molecule has 1 aromatic carbocycles. The molecule has 0 spiro atoms. The molecule has 0 saturated carbocycles. The number of nitrogens with zero attached hydrogens (tertiary/aromatic N) is 2. The molecule has 0 aliphatic carbocycles. The van der Waals surface area contributed by atoms with Crippen molar-refractivity contribution in [1.82, 2.24) is 15.5 Å². The molecule has 3 unspecified atom stereocenters. The van der Waals surface area contributed by atoms with Crippen LogP contribution >= 0.6 is 0 Å². The normalized spacial score (nSPS) is 21.2. The summed E-state index contributed by atoms with van der Waals surface area (Å²) in [6.07, 6.45) is 1.63. The van der Waals surface area contributed by atoms with E-state index in [1.54, 1.807) is 19.1 Å². The maximum atomic E-state index is 12.8. The molecule has 3 rings (SSSR count). The Morgan fingerprint density at radius 2 is 1.88 bits per heavy atom. The number of ether oxygens (including phenoxy) is 1. The molecule has 1 amide bonds. The first kappa shape index (κ1) is 23.8. The van der Waals surface area contributed by atoms with E-state index in [-0.39, 0.29) is 24.7 Å². The summed E-state index contributed by atoms with van der Waals surface area (Å²) in [6, 6.07) is 11.0. The van der Waals surface area contributed by atoms with Gasteiger partial charge in [-0.2, -0.15) is 0 Å². The average molecular weight is 443 g/mol. The van der Waals surface area contributed by atoms with Gasteiger partial charge in [0.2, 0.25) is 0 Å². The minimum Gasteiger partial charge on any atom is -0.466 e. The van der Waals surface area contributed by atoms with Gasteiger partial charge in [-0.1, -0.05) is 12.1 Å². The zero-order valence-corrected chi connectivity index (χ0v) is 19.3. The van der Waals surface area contributed by atoms with Crippen molar-refractivity contribution in [2.45, 2.75) is 52.0 Å². The van der Waals surface area contributed by atoms with Crippen molar-refractivity contribution in [2.24, 2.45) is 4.99 Å². The van der Waals surface area contributed by atoms with Crippen molar-refractivity contribution in [2.75, 3.05) is 26.2 Å². The van der Waals surface area contributed by atoms with E-state index in [9.17, 15) is 9.90 Å². The number of morpholine rings is 1. The summed E-state index contributed by atoms with van der Waals surface area (Å²) in [6.45, 7) is 10.2. The van der Waals surface area contributed by atoms with Crippen LogP contribution in [0.3, 0.4) is 0 Å². The number of carbonyl (C=O) groups is 1. The number of amides is 1. The molecular formula is C24H34N4O4. The minimum absolute atomic E-state index is 0.0252. The van der Waals surface area contributed by atoms with E-state index in [1.807, 2.05) is 49.9 Å². The van der Waals surface area contributed by atoms with Crippen LogP contribution in [0.25, 0.3) is 0 Å². The van der Waals surface area contributed by atoms with E-state index in [0.29, 0.717) is 43.5 Å². The maximum Gasteiger partial charge on any atom is 0.254 e. The standard InChI is InChI=1S/C24H34N4O4/c1-5-25-23(27-16-24(4,30)21-7-6-12-31-21)26-13-19-8-10-20(11-9-19)22(29)28-14-17(2)32-18(3)15-28/h6-12,17-18,30H,5,13-16H2,1-4H3,(H2,25,26,27). The fourth-order valence-corrected chi connectivity index (χ4v) is 3.72. The predicted molar refractivity (Wildman–Crippen MR) is 123 cm³/mol. The minimum atomic E-state index is -1.16. The lowest BCUT2D eigenvalue weighted by molar-refractivity contribution is -0.0586. The van der Waals surface area contributed by atoms with E-state index in [0.717, 1.165) is 5.56 Å². The lowest BCUT2D eigenvalue weighted by Gasteiger charge is -2.35. The summed E-state index contributed by atoms with van der Waals surface area (Å²) in [7, 11) is 0. The lowest BCUT2D eigenvalue weighted by Crippen LogP contribution is -2.48. The molecular weight excluding hydrogens is 408 g/mol. The molecule has 32 heavy (non-hydrogen) atoms. The Morgan fingerprint density at radius 3 is 2.47 bits per heavy atom. The fourth-order valence-electron chi connectivity index (χ4n) is 3.72. The van der Waals surface area contributed by atoms with Gasteiger partial charge in [0.25, 0.3) is 5.91 Å². The third kappa shape index (κ3) is 6.34. The number of nitrogens with one attached hydrogen (secondary N) is 2. The molecule has 1 fully saturated rings. The second-order valence-corrected chi connectivity index (χ2v) is 8.46. The van der Waals surface area contributed by atoms with E-state index in [2.05, 4.69) is 15.6 Å². The first-order valence-corrected chi connectivity index (χ1v) is 11.1. The summed E-state index contributed by atoms with van der Waals surface area (Å²) >= 11 is 0. The Morgan fingerprint density at radius 1 is 1.19 bits per heavy atom. The van der Waals surface area contributed by atoms with Crippen LogP contribution in [-0.4, -0.2) is 60.3 Å². The van der Waals surface area contributed by atoms with Gasteiger partial charge >= 0.3 is 0 Å². The molecule has 0 bridgehead atoms. The molecule has 3 atom stereocenters. The lowest BCUT2D eigenvalue weighted by atomic mass is 10.0. The second-order valence-electron chi connectivity index (χ2n) is 8.46. The quantitative estimate of drug-likeness (QED) is 0.450. The van der Waals surface area contributed by atoms with Gasteiger partial charge in [0.1, 0.15) is 11.4 Å². The van der Waals surface area contributed by atoms with E-state index >= 15 is 0 Å². The molecule has 1 aromatic heterocycles. The topological polar surface area (TPSA) is 99.3 Å². The third-order valence-corrected chi connectivity index (χ3v) is 5.32. The monoisotopic (exact) mass is 442 g/mol. The van der Waals surface area contributed by atoms with Crippen LogP contribution in [0.5, 0.6) is 0 Å². The summed E-state index contributed by atoms with van der Waals surface area (Å²) < 4.78 is 11.0. The van der Waals surface area contributed by atoms with E-state index in [1.165, 1.54) is 6.26 Å². The summed E-state index contributed by atoms with van der Waals surface area (Å²) in [5, 5.41) is 16.9. The average Bonchev–Trinajstić information content (AvgIpc) is 3.31. The Bertz CT molecular complexity index is 883. The Labute approximate surface area is 189 Å². The Balaban J connectivity index is 1.59. The molecule has 1 aliphatic rings. The number of aliphatic imine (C=N–C) groups is 1. The smallest absolute Gasteiger partial charge is 0.254 e. The number of hydrogen-bond donors (Lipinski definition) is 3. The zero-order valence-electron chi connectivity index (χ0n) is 19.3. The van der Waals surface area contributed by atoms with Crippen molar-refractivity contribution in [3.63, 3.8) is 0 Å². The molecule has 0 radical (unpaired) electrons. The van der Waals surface area contributed by atoms with Crippen molar-refractivity contribution in [3.8, 4) is 0 Å². The Hall–Kier alpha value is -2.84. The summed E-state index contributed by atoms with van der Waals surface area (Å²) in [5.41, 5.74) is 0.495. The van der Waals surface area contributed by atoms with Gasteiger partial charge in [-0.3, -0.25) is 4.79 Å². The van der Waals surface area contributed by atoms with Crippen molar-refractivity contribution < 1.29 is 19.1 Å². The zero-order chi connectivity index (χ0) is 23.1. The van der Waals surface area contributed by atoms with Crippen molar-refractivity contribution >= 4 is 11.9 Å². The van der Waals surface area contributed by atoms with Crippen LogP contribution in [0.1, 0.15) is 49.4 Å². The fraction of sp³-hybridized carbons (Fsp3) is 0.500. The second kappa shape index (κ2) is 10.7. The number of furan rings is 1. The molecule has 8 nitrogen and oxygen atoms in total. The van der Waals surface area contributed by atoms with Crippen molar-refractivity contribution in [3.05, 3.63) is 59.5 Å². The van der Waals surface area contributed by atoms with Crippen LogP contribution in [0, 0.1) is 0 Å². The molecule has 1 saturated heterocycles. The Kier molecular flexibility index (Phi) is 7.93. The van der Waals surface area contributed by atoms with Crippen LogP contribution in [0.15, 0.2) is 52.1 Å². The van der Waals surface area contributed by atoms with Crippen LogP contribution in [0.4, 0.5) is 0 Å². The highest BCUT2D eigenvalue weighted by Gasteiger charge is 2.27. The molecule has 2 aromatic rings. The number of carbonyl (C=O) groups excluding carboxylic acids is 1. The highest BCUT2D eigenvalue weighted by Crippen LogP contribution is 2.20. The van der Waals surface area contributed by atoms with Crippen LogP contribution in [0.2, 0.25) is 0 Å². The number of rotatable bonds is 7. The predicted octanol–water partition coefficient (Wildman–Crippen LogP) is 2.49. The highest BCUT2D eigenvalue weighted by molar-refractivity contribution is 5.94. The molecule has 1 aliphatic heterocycles. The maximum absolute atomic E-state index is 12.8. The van der Waals surface area contributed by atoms with Crippen molar-refractivity contribution in [1.29, 1.82) is 0 Å². The van der Waals surface area contributed by atoms with Crippen LogP contribution in [-0.2, 0) is 16.9 Å². The van der Waals surface area contributed by atoms with Gasteiger partial charge in [0, 0.05) is 25.2 Å². The third-order valence-electron chi connectivity index (χ3n) is 5.32. The van der Waals surface area contributed by atoms with E-state index in [4.69, 9.17) is 9.15 Å². The van der Waals surface area contributed by atoms with E-state index < -0.39 is 5.60 Å². The number of hydrogen-bond acceptors (Lipinski definition) is 5. The van der Waals surface area contributed by atoms with Gasteiger partial charge < -0.3 is 29.8 Å². The SMILES string of the molecule is CCNC(=NCc1ccc(C(=O)N2CC(C)OC(C)C2)cc1)NCC(C)(O)c1ccco1. The van der Waals surface area contributed by atoms with Gasteiger partial charge in [-0.05, 0) is 57.5 Å². The number of benzene rings is 1. The highest BCUT2D eigenvalue weighted by atomic mass is 16.5. The first-order valence-electron chi connectivity index (χ1n) is 11.1. The first-order chi connectivity index (χ1) is 15.3. The molecule has 8 heteroatoms. The summed E-state index contributed by atoms with van der Waals surface area (Å²) in [5.74, 6) is 1.11. The molecule has 174 valence electrons. The van der Waals surface area contributed by atoms with Crippen LogP contribution < -0.4 is 10.6 Å². The number of aliphatic hydroxyl groups is 1. The largest absolute Gasteiger partial charge is 0.466 e. The number of guanidine groups is 1.